The molecule has 3 heteroatoms. The molecule has 0 amide bonds. The van der Waals surface area contributed by atoms with Gasteiger partial charge >= 0.3 is 0 Å². The van der Waals surface area contributed by atoms with Crippen molar-refractivity contribution in [3.05, 3.63) is 146 Å². The third kappa shape index (κ3) is 3.83. The molecule has 0 aliphatic carbocycles. The predicted octanol–water partition coefficient (Wildman–Crippen LogP) is 10.8. The van der Waals surface area contributed by atoms with Gasteiger partial charge in [-0.2, -0.15) is 0 Å². The number of nitrogens with zero attached hydrogens (tertiary/aromatic N) is 2. The smallest absolute Gasteiger partial charge is 0.136 e. The summed E-state index contributed by atoms with van der Waals surface area (Å²) < 4.78 is 6.46. The second-order valence-corrected chi connectivity index (χ2v) is 11.0. The average molecular weight is 549 g/mol. The Bertz CT molecular complexity index is 2510. The zero-order chi connectivity index (χ0) is 28.3. The maximum absolute atomic E-state index is 6.46. The second kappa shape index (κ2) is 9.37. The monoisotopic (exact) mass is 548 g/mol. The van der Waals surface area contributed by atoms with Gasteiger partial charge in [-0.25, -0.2) is 9.97 Å². The lowest BCUT2D eigenvalue weighted by atomic mass is 9.93. The first-order valence-electron chi connectivity index (χ1n) is 14.5. The number of benzene rings is 7. The molecule has 2 aromatic heterocycles. The molecular formula is C40H24N2O. The predicted molar refractivity (Wildman–Crippen MR) is 178 cm³/mol. The van der Waals surface area contributed by atoms with Gasteiger partial charge in [0, 0.05) is 21.9 Å². The molecular weight excluding hydrogens is 524 g/mol. The fraction of sp³-hybridized carbons (Fsp3) is 0. The minimum atomic E-state index is 0.837. The number of aromatic nitrogens is 2. The van der Waals surface area contributed by atoms with E-state index >= 15 is 0 Å². The highest BCUT2D eigenvalue weighted by Gasteiger charge is 2.21. The summed E-state index contributed by atoms with van der Waals surface area (Å²) in [6, 6.07) is 50.8. The first kappa shape index (κ1) is 23.9. The van der Waals surface area contributed by atoms with Crippen molar-refractivity contribution in [1.82, 2.24) is 9.97 Å². The molecule has 0 spiro atoms. The van der Waals surface area contributed by atoms with Crippen LogP contribution in [0.25, 0.3) is 88.2 Å². The van der Waals surface area contributed by atoms with Crippen LogP contribution in [-0.2, 0) is 0 Å². The molecule has 0 N–H and O–H groups in total. The van der Waals surface area contributed by atoms with Crippen molar-refractivity contribution >= 4 is 54.5 Å². The van der Waals surface area contributed by atoms with E-state index in [9.17, 15) is 0 Å². The molecule has 2 heterocycles. The topological polar surface area (TPSA) is 38.9 Å². The fourth-order valence-corrected chi connectivity index (χ4v) is 6.39. The molecule has 200 valence electrons. The molecule has 9 rings (SSSR count). The van der Waals surface area contributed by atoms with E-state index in [0.29, 0.717) is 0 Å². The van der Waals surface area contributed by atoms with Gasteiger partial charge in [0.1, 0.15) is 11.2 Å². The summed E-state index contributed by atoms with van der Waals surface area (Å²) in [5.74, 6) is 0. The highest BCUT2D eigenvalue weighted by molar-refractivity contribution is 6.15. The maximum atomic E-state index is 6.46. The van der Waals surface area contributed by atoms with E-state index in [1.54, 1.807) is 0 Å². The van der Waals surface area contributed by atoms with Crippen LogP contribution in [0.3, 0.4) is 0 Å². The molecule has 0 atom stereocenters. The minimum absolute atomic E-state index is 0.837. The van der Waals surface area contributed by atoms with Crippen LogP contribution in [0.5, 0.6) is 0 Å². The number of rotatable bonds is 3. The second-order valence-electron chi connectivity index (χ2n) is 11.0. The molecule has 0 saturated heterocycles. The Morgan fingerprint density at radius 2 is 1.07 bits per heavy atom. The summed E-state index contributed by atoms with van der Waals surface area (Å²) in [4.78, 5) is 10.6. The molecule has 0 radical (unpaired) electrons. The lowest BCUT2D eigenvalue weighted by molar-refractivity contribution is 0.669. The van der Waals surface area contributed by atoms with Crippen molar-refractivity contribution in [3.8, 4) is 33.6 Å². The van der Waals surface area contributed by atoms with Crippen LogP contribution in [0.15, 0.2) is 150 Å². The van der Waals surface area contributed by atoms with E-state index in [4.69, 9.17) is 14.4 Å². The van der Waals surface area contributed by atoms with Crippen LogP contribution < -0.4 is 0 Å². The molecule has 43 heavy (non-hydrogen) atoms. The van der Waals surface area contributed by atoms with E-state index in [2.05, 4.69) is 103 Å². The van der Waals surface area contributed by atoms with E-state index in [0.717, 1.165) is 66.6 Å². The summed E-state index contributed by atoms with van der Waals surface area (Å²) in [5, 5.41) is 7.01. The van der Waals surface area contributed by atoms with Crippen LogP contribution >= 0.6 is 0 Å². The summed E-state index contributed by atoms with van der Waals surface area (Å²) in [7, 11) is 0. The first-order chi connectivity index (χ1) is 21.3. The SMILES string of the molecule is c1ccc(-c2cc(-c3nc4ccccc4nc3-c3ccc4c(ccc5ccccc54)c3)c3c(c2)oc2ccccc23)cc1. The summed E-state index contributed by atoms with van der Waals surface area (Å²) in [6.45, 7) is 0. The molecule has 3 nitrogen and oxygen atoms in total. The molecule has 0 unspecified atom stereocenters. The van der Waals surface area contributed by atoms with Crippen molar-refractivity contribution in [3.63, 3.8) is 0 Å². The summed E-state index contributed by atoms with van der Waals surface area (Å²) in [6.07, 6.45) is 0. The van der Waals surface area contributed by atoms with Crippen molar-refractivity contribution in [2.24, 2.45) is 0 Å². The first-order valence-corrected chi connectivity index (χ1v) is 14.5. The number of furan rings is 1. The van der Waals surface area contributed by atoms with Crippen molar-refractivity contribution < 1.29 is 4.42 Å². The van der Waals surface area contributed by atoms with E-state index in [1.165, 1.54) is 21.5 Å². The molecule has 0 aliphatic heterocycles. The standard InChI is InChI=1S/C40H24N2O/c1-2-10-25(11-3-1)29-23-33(38-32-14-6-9-17-36(32)43-37(38)24-29)40-39(41-34-15-7-8-16-35(34)42-40)28-20-21-31-27(22-28)19-18-26-12-4-5-13-30(26)31/h1-24H. The molecule has 0 fully saturated rings. The Balaban J connectivity index is 1.38. The van der Waals surface area contributed by atoms with Crippen molar-refractivity contribution in [2.45, 2.75) is 0 Å². The number of hydrogen-bond donors (Lipinski definition) is 0. The average Bonchev–Trinajstić information content (AvgIpc) is 3.46. The van der Waals surface area contributed by atoms with Gasteiger partial charge in [-0.05, 0) is 69.1 Å². The van der Waals surface area contributed by atoms with Crippen LogP contribution in [0, 0.1) is 0 Å². The lowest BCUT2D eigenvalue weighted by Crippen LogP contribution is -1.96. The van der Waals surface area contributed by atoms with Gasteiger partial charge < -0.3 is 4.42 Å². The van der Waals surface area contributed by atoms with Gasteiger partial charge in [0.25, 0.3) is 0 Å². The van der Waals surface area contributed by atoms with Gasteiger partial charge in [0.05, 0.1) is 22.4 Å². The molecule has 0 saturated carbocycles. The third-order valence-corrected chi connectivity index (χ3v) is 8.43. The van der Waals surface area contributed by atoms with Gasteiger partial charge in [-0.3, -0.25) is 0 Å². The van der Waals surface area contributed by atoms with Crippen LogP contribution in [0.2, 0.25) is 0 Å². The Labute approximate surface area is 247 Å². The Morgan fingerprint density at radius 1 is 0.395 bits per heavy atom. The van der Waals surface area contributed by atoms with E-state index in [1.807, 2.05) is 42.5 Å². The van der Waals surface area contributed by atoms with Gasteiger partial charge in [-0.1, -0.05) is 109 Å². The number of para-hydroxylation sites is 3. The quantitative estimate of drug-likeness (QED) is 0.206. The number of fused-ring (bicyclic) bond motifs is 7. The minimum Gasteiger partial charge on any atom is -0.456 e. The Kier molecular flexibility index (Phi) is 5.20. The maximum Gasteiger partial charge on any atom is 0.136 e. The molecule has 0 bridgehead atoms. The zero-order valence-corrected chi connectivity index (χ0v) is 23.2. The third-order valence-electron chi connectivity index (χ3n) is 8.43. The van der Waals surface area contributed by atoms with Crippen molar-refractivity contribution in [1.29, 1.82) is 0 Å². The van der Waals surface area contributed by atoms with Crippen LogP contribution in [-0.4, -0.2) is 9.97 Å². The highest BCUT2D eigenvalue weighted by Crippen LogP contribution is 2.43. The normalized spacial score (nSPS) is 11.7. The van der Waals surface area contributed by atoms with Gasteiger partial charge in [-0.15, -0.1) is 0 Å². The van der Waals surface area contributed by atoms with Gasteiger partial charge in [0.2, 0.25) is 0 Å². The summed E-state index contributed by atoms with van der Waals surface area (Å²) in [5.41, 5.74) is 9.35. The zero-order valence-electron chi connectivity index (χ0n) is 23.2. The largest absolute Gasteiger partial charge is 0.456 e. The molecule has 9 aromatic rings. The Hall–Kier alpha value is -5.80. The molecule has 0 aliphatic rings. The summed E-state index contributed by atoms with van der Waals surface area (Å²) >= 11 is 0. The van der Waals surface area contributed by atoms with Gasteiger partial charge in [0.15, 0.2) is 0 Å². The fourth-order valence-electron chi connectivity index (χ4n) is 6.39. The lowest BCUT2D eigenvalue weighted by Gasteiger charge is -2.14. The Morgan fingerprint density at radius 3 is 1.93 bits per heavy atom. The van der Waals surface area contributed by atoms with E-state index < -0.39 is 0 Å². The van der Waals surface area contributed by atoms with Crippen molar-refractivity contribution in [2.75, 3.05) is 0 Å². The van der Waals surface area contributed by atoms with Crippen LogP contribution in [0.4, 0.5) is 0 Å². The molecule has 7 aromatic carbocycles. The highest BCUT2D eigenvalue weighted by atomic mass is 16.3. The number of hydrogen-bond acceptors (Lipinski definition) is 3. The van der Waals surface area contributed by atoms with E-state index in [-0.39, 0.29) is 0 Å². The van der Waals surface area contributed by atoms with Crippen LogP contribution in [0.1, 0.15) is 0 Å².